The first-order valence-corrected chi connectivity index (χ1v) is 7.35. The lowest BCUT2D eigenvalue weighted by Gasteiger charge is -2.11. The molecular weight excluding hydrogens is 308 g/mol. The number of phenolic OH excluding ortho intramolecular Hbond substituents is 1. The van der Waals surface area contributed by atoms with Gasteiger partial charge >= 0.3 is 5.97 Å². The Morgan fingerprint density at radius 2 is 1.62 bits per heavy atom. The summed E-state index contributed by atoms with van der Waals surface area (Å²) in [6.45, 7) is 3.83. The van der Waals surface area contributed by atoms with Crippen LogP contribution in [-0.4, -0.2) is 30.4 Å². The summed E-state index contributed by atoms with van der Waals surface area (Å²) in [5, 5.41) is 19.6. The zero-order valence-corrected chi connectivity index (χ0v) is 14.1. The molecule has 0 amide bonds. The van der Waals surface area contributed by atoms with Crippen molar-refractivity contribution >= 4 is 17.6 Å². The van der Waals surface area contributed by atoms with Crippen LogP contribution in [0.25, 0.3) is 11.6 Å². The van der Waals surface area contributed by atoms with Crippen molar-refractivity contribution in [2.24, 2.45) is 0 Å². The summed E-state index contributed by atoms with van der Waals surface area (Å²) in [6.07, 6.45) is 1.53. The Kier molecular flexibility index (Phi) is 5.14. The normalized spacial score (nSPS) is 11.2. The number of hydrogen-bond donors (Lipinski definition) is 2. The Balaban J connectivity index is 2.62. The highest BCUT2D eigenvalue weighted by Gasteiger charge is 2.15. The predicted molar refractivity (Wildman–Crippen MR) is 92.6 cm³/mol. The van der Waals surface area contributed by atoms with Crippen LogP contribution in [0.1, 0.15) is 22.3 Å². The summed E-state index contributed by atoms with van der Waals surface area (Å²) in [5.74, 6) is -0.731. The SMILES string of the molecule is COc1cc(/C=C(\C(=O)O)c2ccc(C)cc2C)cc(OC)c1O. The molecule has 0 heterocycles. The van der Waals surface area contributed by atoms with Gasteiger partial charge in [-0.1, -0.05) is 23.8 Å². The Labute approximate surface area is 140 Å². The molecule has 0 spiro atoms. The van der Waals surface area contributed by atoms with Gasteiger partial charge in [0.2, 0.25) is 5.75 Å². The molecule has 0 radical (unpaired) electrons. The average Bonchev–Trinajstić information content (AvgIpc) is 2.54. The van der Waals surface area contributed by atoms with Crippen molar-refractivity contribution in [3.8, 4) is 17.2 Å². The maximum Gasteiger partial charge on any atom is 0.336 e. The molecule has 0 aliphatic heterocycles. The second-order valence-electron chi connectivity index (χ2n) is 5.46. The molecule has 2 N–H and O–H groups in total. The Hall–Kier alpha value is -2.95. The van der Waals surface area contributed by atoms with Crippen LogP contribution in [0.5, 0.6) is 17.2 Å². The molecule has 0 unspecified atom stereocenters. The number of ether oxygens (including phenoxy) is 2. The molecule has 5 heteroatoms. The van der Waals surface area contributed by atoms with Gasteiger partial charge in [-0.3, -0.25) is 0 Å². The van der Waals surface area contributed by atoms with Gasteiger partial charge in [0.05, 0.1) is 19.8 Å². The third-order valence-corrected chi connectivity index (χ3v) is 3.72. The number of phenols is 1. The first-order chi connectivity index (χ1) is 11.4. The van der Waals surface area contributed by atoms with E-state index >= 15 is 0 Å². The van der Waals surface area contributed by atoms with E-state index in [1.165, 1.54) is 20.3 Å². The van der Waals surface area contributed by atoms with Crippen LogP contribution in [0.3, 0.4) is 0 Å². The third kappa shape index (κ3) is 3.51. The molecule has 0 aromatic heterocycles. The van der Waals surface area contributed by atoms with Crippen molar-refractivity contribution in [2.45, 2.75) is 13.8 Å². The van der Waals surface area contributed by atoms with Gasteiger partial charge < -0.3 is 19.7 Å². The number of rotatable bonds is 5. The molecular formula is C19H20O5. The largest absolute Gasteiger partial charge is 0.502 e. The van der Waals surface area contributed by atoms with Gasteiger partial charge in [-0.15, -0.1) is 0 Å². The topological polar surface area (TPSA) is 76.0 Å². The third-order valence-electron chi connectivity index (χ3n) is 3.72. The number of aliphatic carboxylic acids is 1. The van der Waals surface area contributed by atoms with Crippen LogP contribution in [0.2, 0.25) is 0 Å². The first-order valence-electron chi connectivity index (χ1n) is 7.35. The lowest BCUT2D eigenvalue weighted by Crippen LogP contribution is -2.02. The Morgan fingerprint density at radius 1 is 1.04 bits per heavy atom. The number of aromatic hydroxyl groups is 1. The number of carboxylic acid groups (broad SMARTS) is 1. The summed E-state index contributed by atoms with van der Waals surface area (Å²) in [7, 11) is 2.84. The number of benzene rings is 2. The zero-order chi connectivity index (χ0) is 17.9. The fourth-order valence-electron chi connectivity index (χ4n) is 2.53. The van der Waals surface area contributed by atoms with E-state index in [-0.39, 0.29) is 22.8 Å². The number of carboxylic acids is 1. The maximum absolute atomic E-state index is 11.7. The van der Waals surface area contributed by atoms with E-state index < -0.39 is 5.97 Å². The molecule has 0 aliphatic carbocycles. The van der Waals surface area contributed by atoms with Gasteiger partial charge in [0.1, 0.15) is 0 Å². The highest BCUT2D eigenvalue weighted by molar-refractivity contribution is 6.21. The summed E-state index contributed by atoms with van der Waals surface area (Å²) >= 11 is 0. The lowest BCUT2D eigenvalue weighted by atomic mass is 9.97. The molecule has 24 heavy (non-hydrogen) atoms. The van der Waals surface area contributed by atoms with Gasteiger partial charge in [0.15, 0.2) is 11.5 Å². The fourth-order valence-corrected chi connectivity index (χ4v) is 2.53. The molecule has 126 valence electrons. The van der Waals surface area contributed by atoms with Gasteiger partial charge in [0.25, 0.3) is 0 Å². The minimum Gasteiger partial charge on any atom is -0.502 e. The molecule has 5 nitrogen and oxygen atoms in total. The number of methoxy groups -OCH3 is 2. The van der Waals surface area contributed by atoms with E-state index in [2.05, 4.69) is 0 Å². The molecule has 0 atom stereocenters. The van der Waals surface area contributed by atoms with E-state index in [1.54, 1.807) is 18.2 Å². The van der Waals surface area contributed by atoms with Crippen LogP contribution < -0.4 is 9.47 Å². The lowest BCUT2D eigenvalue weighted by molar-refractivity contribution is -0.130. The summed E-state index contributed by atoms with van der Waals surface area (Å²) in [4.78, 5) is 11.7. The monoisotopic (exact) mass is 328 g/mol. The molecule has 0 saturated carbocycles. The van der Waals surface area contributed by atoms with Gasteiger partial charge in [-0.25, -0.2) is 4.79 Å². The summed E-state index contributed by atoms with van der Waals surface area (Å²) in [5.41, 5.74) is 3.29. The first kappa shape index (κ1) is 17.4. The van der Waals surface area contributed by atoms with Crippen molar-refractivity contribution in [2.75, 3.05) is 14.2 Å². The Bertz CT molecular complexity index is 780. The predicted octanol–water partition coefficient (Wildman–Crippen LogP) is 3.65. The van der Waals surface area contributed by atoms with E-state index in [4.69, 9.17) is 9.47 Å². The fraction of sp³-hybridized carbons (Fsp3) is 0.211. The molecule has 0 aliphatic rings. The highest BCUT2D eigenvalue weighted by atomic mass is 16.5. The van der Waals surface area contributed by atoms with E-state index in [0.717, 1.165) is 11.1 Å². The van der Waals surface area contributed by atoms with Crippen LogP contribution >= 0.6 is 0 Å². The van der Waals surface area contributed by atoms with Crippen molar-refractivity contribution in [3.05, 3.63) is 52.6 Å². The second kappa shape index (κ2) is 7.08. The molecule has 0 fully saturated rings. The highest BCUT2D eigenvalue weighted by Crippen LogP contribution is 2.38. The van der Waals surface area contributed by atoms with Crippen LogP contribution in [0.15, 0.2) is 30.3 Å². The number of hydrogen-bond acceptors (Lipinski definition) is 4. The minimum atomic E-state index is -1.03. The zero-order valence-electron chi connectivity index (χ0n) is 14.1. The van der Waals surface area contributed by atoms with Crippen molar-refractivity contribution in [1.29, 1.82) is 0 Å². The van der Waals surface area contributed by atoms with Gasteiger partial charge in [0, 0.05) is 0 Å². The van der Waals surface area contributed by atoms with Crippen molar-refractivity contribution < 1.29 is 24.5 Å². The van der Waals surface area contributed by atoms with E-state index in [0.29, 0.717) is 11.1 Å². The summed E-state index contributed by atoms with van der Waals surface area (Å²) < 4.78 is 10.2. The standard InChI is InChI=1S/C19H20O5/c1-11-5-6-14(12(2)7-11)15(19(21)22)8-13-9-16(23-3)18(20)17(10-13)24-4/h5-10,20H,1-4H3,(H,21,22)/b15-8-. The quantitative estimate of drug-likeness (QED) is 0.647. The van der Waals surface area contributed by atoms with Gasteiger partial charge in [-0.2, -0.15) is 0 Å². The smallest absolute Gasteiger partial charge is 0.336 e. The Morgan fingerprint density at radius 3 is 2.08 bits per heavy atom. The molecule has 0 saturated heterocycles. The van der Waals surface area contributed by atoms with Crippen molar-refractivity contribution in [3.63, 3.8) is 0 Å². The summed E-state index contributed by atoms with van der Waals surface area (Å²) in [6, 6.07) is 8.72. The molecule has 2 aromatic rings. The van der Waals surface area contributed by atoms with Crippen LogP contribution in [-0.2, 0) is 4.79 Å². The molecule has 0 bridgehead atoms. The van der Waals surface area contributed by atoms with Crippen molar-refractivity contribution in [1.82, 2.24) is 0 Å². The molecule has 2 aromatic carbocycles. The number of aryl methyl sites for hydroxylation is 2. The maximum atomic E-state index is 11.7. The van der Waals surface area contributed by atoms with E-state index in [9.17, 15) is 15.0 Å². The molecule has 2 rings (SSSR count). The van der Waals surface area contributed by atoms with Crippen LogP contribution in [0.4, 0.5) is 0 Å². The van der Waals surface area contributed by atoms with Gasteiger partial charge in [-0.05, 0) is 48.7 Å². The minimum absolute atomic E-state index is 0.124. The van der Waals surface area contributed by atoms with Crippen LogP contribution in [0, 0.1) is 13.8 Å². The van der Waals surface area contributed by atoms with E-state index in [1.807, 2.05) is 26.0 Å². The average molecular weight is 328 g/mol. The number of carbonyl (C=O) groups is 1. The second-order valence-corrected chi connectivity index (χ2v) is 5.46.